The second kappa shape index (κ2) is 8.79. The molecular weight excluding hydrogens is 428 g/mol. The summed E-state index contributed by atoms with van der Waals surface area (Å²) in [7, 11) is -3.88. The Balaban J connectivity index is 1.79. The third-order valence-corrected chi connectivity index (χ3v) is 4.42. The van der Waals surface area contributed by atoms with Gasteiger partial charge in [-0.2, -0.15) is 0 Å². The number of halogens is 1. The van der Waals surface area contributed by atoms with Gasteiger partial charge < -0.3 is 14.8 Å². The van der Waals surface area contributed by atoms with E-state index in [9.17, 15) is 18.0 Å². The maximum Gasteiger partial charge on any atom is 0.344 e. The number of amides is 1. The molecule has 2 aromatic carbocycles. The van der Waals surface area contributed by atoms with Crippen LogP contribution in [0.5, 0.6) is 5.75 Å². The number of ether oxygens (including phenoxy) is 2. The summed E-state index contributed by atoms with van der Waals surface area (Å²) < 4.78 is 33.4. The fourth-order valence-electron chi connectivity index (χ4n) is 1.81. The summed E-state index contributed by atoms with van der Waals surface area (Å²) in [6.07, 6.45) is 0. The quantitative estimate of drug-likeness (QED) is 0.628. The van der Waals surface area contributed by atoms with Gasteiger partial charge in [-0.1, -0.05) is 22.0 Å². The first-order valence-electron chi connectivity index (χ1n) is 7.21. The van der Waals surface area contributed by atoms with Gasteiger partial charge in [-0.05, 0) is 42.5 Å². The summed E-state index contributed by atoms with van der Waals surface area (Å²) >= 11 is 3.28. The fourth-order valence-corrected chi connectivity index (χ4v) is 2.63. The van der Waals surface area contributed by atoms with Crippen molar-refractivity contribution >= 4 is 43.5 Å². The topological polar surface area (TPSA) is 125 Å². The van der Waals surface area contributed by atoms with Gasteiger partial charge in [0.05, 0.1) is 4.90 Å². The van der Waals surface area contributed by atoms with Crippen molar-refractivity contribution in [2.75, 3.05) is 18.5 Å². The molecule has 0 aromatic heterocycles. The maximum absolute atomic E-state index is 11.8. The zero-order chi connectivity index (χ0) is 19.2. The Morgan fingerprint density at radius 1 is 1.08 bits per heavy atom. The molecule has 0 spiro atoms. The standard InChI is InChI=1S/C16H15BrN2O6S/c17-11-4-6-13(7-5-11)24-10-16(21)25-9-15(20)19-12-2-1-3-14(8-12)26(18,22)23/h1-8H,9-10H2,(H,19,20)(H2,18,22,23). The number of rotatable bonds is 7. The average Bonchev–Trinajstić information content (AvgIpc) is 2.59. The lowest BCUT2D eigenvalue weighted by atomic mass is 10.3. The third kappa shape index (κ3) is 6.47. The Hall–Kier alpha value is -2.43. The number of primary sulfonamides is 1. The molecule has 0 aliphatic rings. The first kappa shape index (κ1) is 19.9. The molecule has 10 heteroatoms. The summed E-state index contributed by atoms with van der Waals surface area (Å²) in [4.78, 5) is 23.2. The zero-order valence-electron chi connectivity index (χ0n) is 13.3. The van der Waals surface area contributed by atoms with Crippen LogP contribution in [0.3, 0.4) is 0 Å². The SMILES string of the molecule is NS(=O)(=O)c1cccc(NC(=O)COC(=O)COc2ccc(Br)cc2)c1. The summed E-state index contributed by atoms with van der Waals surface area (Å²) in [6.45, 7) is -0.891. The monoisotopic (exact) mass is 442 g/mol. The van der Waals surface area contributed by atoms with Gasteiger partial charge in [-0.3, -0.25) is 4.79 Å². The molecule has 0 saturated heterocycles. The highest BCUT2D eigenvalue weighted by molar-refractivity contribution is 9.10. The minimum absolute atomic E-state index is 0.143. The summed E-state index contributed by atoms with van der Waals surface area (Å²) in [5.41, 5.74) is 0.212. The molecule has 138 valence electrons. The molecule has 3 N–H and O–H groups in total. The molecule has 8 nitrogen and oxygen atoms in total. The van der Waals surface area contributed by atoms with E-state index in [1.807, 2.05) is 0 Å². The molecule has 0 radical (unpaired) electrons. The number of anilines is 1. The molecule has 2 rings (SSSR count). The van der Waals surface area contributed by atoms with Gasteiger partial charge in [0, 0.05) is 10.2 Å². The zero-order valence-corrected chi connectivity index (χ0v) is 15.7. The van der Waals surface area contributed by atoms with Crippen LogP contribution < -0.4 is 15.2 Å². The number of nitrogens with two attached hydrogens (primary N) is 1. The van der Waals surface area contributed by atoms with E-state index in [-0.39, 0.29) is 17.2 Å². The van der Waals surface area contributed by atoms with E-state index in [1.165, 1.54) is 24.3 Å². The van der Waals surface area contributed by atoms with E-state index < -0.39 is 28.5 Å². The van der Waals surface area contributed by atoms with Gasteiger partial charge in [0.15, 0.2) is 13.2 Å². The van der Waals surface area contributed by atoms with Gasteiger partial charge >= 0.3 is 5.97 Å². The van der Waals surface area contributed by atoms with E-state index in [4.69, 9.17) is 14.6 Å². The Labute approximate surface area is 158 Å². The fraction of sp³-hybridized carbons (Fsp3) is 0.125. The number of hydrogen-bond donors (Lipinski definition) is 2. The molecule has 26 heavy (non-hydrogen) atoms. The lowest BCUT2D eigenvalue weighted by Crippen LogP contribution is -2.23. The maximum atomic E-state index is 11.8. The van der Waals surface area contributed by atoms with Crippen LogP contribution in [-0.2, 0) is 24.3 Å². The van der Waals surface area contributed by atoms with Crippen molar-refractivity contribution in [3.05, 3.63) is 53.0 Å². The summed E-state index contributed by atoms with van der Waals surface area (Å²) in [5, 5.41) is 7.43. The number of benzene rings is 2. The molecule has 0 aliphatic heterocycles. The van der Waals surface area contributed by atoms with Crippen LogP contribution in [0.25, 0.3) is 0 Å². The largest absolute Gasteiger partial charge is 0.482 e. The molecule has 1 amide bonds. The summed E-state index contributed by atoms with van der Waals surface area (Å²) in [6, 6.07) is 12.2. The van der Waals surface area contributed by atoms with Crippen molar-refractivity contribution in [2.24, 2.45) is 5.14 Å². The number of carbonyl (C=O) groups excluding carboxylic acids is 2. The number of carbonyl (C=O) groups is 2. The normalized spacial score (nSPS) is 10.8. The Morgan fingerprint density at radius 3 is 2.42 bits per heavy atom. The molecule has 0 saturated carbocycles. The number of nitrogens with one attached hydrogen (secondary N) is 1. The second-order valence-electron chi connectivity index (χ2n) is 5.02. The van der Waals surface area contributed by atoms with Crippen LogP contribution in [0.1, 0.15) is 0 Å². The molecular formula is C16H15BrN2O6S. The van der Waals surface area contributed by atoms with Crippen molar-refractivity contribution in [3.63, 3.8) is 0 Å². The highest BCUT2D eigenvalue weighted by Gasteiger charge is 2.11. The van der Waals surface area contributed by atoms with E-state index in [0.29, 0.717) is 5.75 Å². The average molecular weight is 443 g/mol. The molecule has 0 unspecified atom stereocenters. The van der Waals surface area contributed by atoms with Crippen molar-refractivity contribution < 1.29 is 27.5 Å². The van der Waals surface area contributed by atoms with Gasteiger partial charge in [0.25, 0.3) is 5.91 Å². The third-order valence-electron chi connectivity index (χ3n) is 2.98. The van der Waals surface area contributed by atoms with Crippen LogP contribution in [-0.4, -0.2) is 33.5 Å². The number of sulfonamides is 1. The molecule has 0 fully saturated rings. The predicted molar refractivity (Wildman–Crippen MR) is 97.0 cm³/mol. The van der Waals surface area contributed by atoms with Crippen molar-refractivity contribution in [2.45, 2.75) is 4.90 Å². The van der Waals surface area contributed by atoms with Crippen LogP contribution in [0, 0.1) is 0 Å². The molecule has 0 aliphatic carbocycles. The van der Waals surface area contributed by atoms with Crippen molar-refractivity contribution in [1.82, 2.24) is 0 Å². The highest BCUT2D eigenvalue weighted by Crippen LogP contribution is 2.16. The first-order valence-corrected chi connectivity index (χ1v) is 9.55. The van der Waals surface area contributed by atoms with Gasteiger partial charge in [-0.25, -0.2) is 18.4 Å². The van der Waals surface area contributed by atoms with Crippen LogP contribution in [0.4, 0.5) is 5.69 Å². The molecule has 0 bridgehead atoms. The molecule has 2 aromatic rings. The highest BCUT2D eigenvalue weighted by atomic mass is 79.9. The van der Waals surface area contributed by atoms with Gasteiger partial charge in [-0.15, -0.1) is 0 Å². The van der Waals surface area contributed by atoms with Gasteiger partial charge in [0.1, 0.15) is 5.75 Å². The van der Waals surface area contributed by atoms with Crippen LogP contribution >= 0.6 is 15.9 Å². The van der Waals surface area contributed by atoms with Crippen molar-refractivity contribution in [1.29, 1.82) is 0 Å². The van der Waals surface area contributed by atoms with E-state index in [1.54, 1.807) is 24.3 Å². The van der Waals surface area contributed by atoms with Crippen LogP contribution in [0.15, 0.2) is 57.9 Å². The predicted octanol–water partition coefficient (Wildman–Crippen LogP) is 1.66. The lowest BCUT2D eigenvalue weighted by Gasteiger charge is -2.08. The molecule has 0 heterocycles. The number of esters is 1. The van der Waals surface area contributed by atoms with E-state index in [0.717, 1.165) is 4.47 Å². The van der Waals surface area contributed by atoms with E-state index >= 15 is 0 Å². The first-order chi connectivity index (χ1) is 12.2. The smallest absolute Gasteiger partial charge is 0.344 e. The second-order valence-corrected chi connectivity index (χ2v) is 7.50. The van der Waals surface area contributed by atoms with E-state index in [2.05, 4.69) is 21.2 Å². The Kier molecular flexibility index (Phi) is 6.72. The van der Waals surface area contributed by atoms with Crippen LogP contribution in [0.2, 0.25) is 0 Å². The minimum atomic E-state index is -3.88. The Bertz CT molecular complexity index is 899. The Morgan fingerprint density at radius 2 is 1.77 bits per heavy atom. The van der Waals surface area contributed by atoms with Crippen molar-refractivity contribution in [3.8, 4) is 5.75 Å². The summed E-state index contributed by atoms with van der Waals surface area (Å²) in [5.74, 6) is -0.871. The number of hydrogen-bond acceptors (Lipinski definition) is 6. The molecule has 0 atom stereocenters. The van der Waals surface area contributed by atoms with Gasteiger partial charge in [0.2, 0.25) is 10.0 Å². The minimum Gasteiger partial charge on any atom is -0.482 e. The lowest BCUT2D eigenvalue weighted by molar-refractivity contribution is -0.149.